The molecule has 3 saturated heterocycles. The number of piperidine rings is 3. The van der Waals surface area contributed by atoms with Gasteiger partial charge in [-0.1, -0.05) is 6.07 Å². The lowest BCUT2D eigenvalue weighted by Crippen LogP contribution is -2.48. The minimum absolute atomic E-state index is 0.227. The molecule has 4 aliphatic rings. The van der Waals surface area contributed by atoms with Crippen molar-refractivity contribution in [3.8, 4) is 5.75 Å². The van der Waals surface area contributed by atoms with E-state index in [-0.39, 0.29) is 29.6 Å². The van der Waals surface area contributed by atoms with Crippen LogP contribution in [-0.4, -0.2) is 91.3 Å². The number of fused-ring (bicyclic) bond motifs is 2. The molecule has 1 atom stereocenters. The van der Waals surface area contributed by atoms with Crippen molar-refractivity contribution in [1.29, 1.82) is 0 Å². The second kappa shape index (κ2) is 15.3. The fourth-order valence-corrected chi connectivity index (χ4v) is 10.1. The molecule has 1 saturated carbocycles. The maximum Gasteiger partial charge on any atom is 0.329 e. The van der Waals surface area contributed by atoms with Crippen LogP contribution in [0.1, 0.15) is 92.5 Å². The topological polar surface area (TPSA) is 162 Å². The Morgan fingerprint density at radius 1 is 0.983 bits per heavy atom. The van der Waals surface area contributed by atoms with Crippen molar-refractivity contribution < 1.29 is 19.1 Å². The van der Waals surface area contributed by atoms with Crippen LogP contribution in [0.15, 0.2) is 53.7 Å². The first kappa shape index (κ1) is 38.0. The number of para-hydroxylation sites is 1. The fourth-order valence-electron chi connectivity index (χ4n) is 10.1. The molecule has 3 aliphatic heterocycles. The minimum Gasteiger partial charge on any atom is -0.494 e. The summed E-state index contributed by atoms with van der Waals surface area (Å²) < 4.78 is 11.0. The third-order valence-corrected chi connectivity index (χ3v) is 13.5. The molecule has 1 aliphatic carbocycles. The first-order valence-electron chi connectivity index (χ1n) is 20.8. The van der Waals surface area contributed by atoms with Crippen LogP contribution >= 0.6 is 0 Å². The number of aryl methyl sites for hydroxylation is 2. The predicted octanol–water partition coefficient (Wildman–Crippen LogP) is 5.14. The maximum atomic E-state index is 13.5. The van der Waals surface area contributed by atoms with E-state index in [1.54, 1.807) is 36.4 Å². The van der Waals surface area contributed by atoms with Crippen molar-refractivity contribution in [2.24, 2.45) is 18.4 Å². The lowest BCUT2D eigenvalue weighted by molar-refractivity contribution is -0.135. The van der Waals surface area contributed by atoms with Crippen LogP contribution in [-0.2, 0) is 16.6 Å². The largest absolute Gasteiger partial charge is 0.494 e. The average Bonchev–Trinajstić information content (AvgIpc) is 3.76. The summed E-state index contributed by atoms with van der Waals surface area (Å²) in [6, 6.07) is 9.45. The lowest BCUT2D eigenvalue weighted by Gasteiger charge is -2.48. The molecule has 3 amide bonds. The summed E-state index contributed by atoms with van der Waals surface area (Å²) in [5.74, 6) is 0.202. The number of nitrogens with zero attached hydrogens (tertiary/aromatic N) is 8. The summed E-state index contributed by atoms with van der Waals surface area (Å²) >= 11 is 0. The number of amides is 3. The molecule has 4 fully saturated rings. The van der Waals surface area contributed by atoms with Gasteiger partial charge in [-0.2, -0.15) is 5.10 Å². The average molecular weight is 789 g/mol. The quantitative estimate of drug-likeness (QED) is 0.202. The number of imide groups is 1. The Hall–Kier alpha value is -5.57. The molecule has 0 radical (unpaired) electrons. The molecule has 9 rings (SSSR count). The Morgan fingerprint density at radius 3 is 2.47 bits per heavy atom. The molecule has 3 aromatic heterocycles. The van der Waals surface area contributed by atoms with Crippen molar-refractivity contribution in [3.63, 3.8) is 0 Å². The summed E-state index contributed by atoms with van der Waals surface area (Å²) in [5.41, 5.74) is 5.10. The van der Waals surface area contributed by atoms with Gasteiger partial charge in [-0.15, -0.1) is 0 Å². The second-order valence-corrected chi connectivity index (χ2v) is 17.0. The Balaban J connectivity index is 0.777. The van der Waals surface area contributed by atoms with Crippen LogP contribution in [0.5, 0.6) is 5.75 Å². The highest BCUT2D eigenvalue weighted by Gasteiger charge is 2.39. The van der Waals surface area contributed by atoms with Crippen LogP contribution in [0.2, 0.25) is 0 Å². The number of imidazole rings is 1. The Labute approximate surface area is 336 Å². The molecular formula is C43H52N10O5. The zero-order valence-electron chi connectivity index (χ0n) is 33.6. The maximum absolute atomic E-state index is 13.5. The number of carbonyl (C=O) groups excluding carboxylic acids is 3. The van der Waals surface area contributed by atoms with Gasteiger partial charge in [0, 0.05) is 56.9 Å². The van der Waals surface area contributed by atoms with E-state index in [4.69, 9.17) is 9.84 Å². The van der Waals surface area contributed by atoms with Crippen LogP contribution < -0.4 is 26.0 Å². The van der Waals surface area contributed by atoms with Crippen LogP contribution in [0, 0.1) is 18.3 Å². The van der Waals surface area contributed by atoms with Gasteiger partial charge in [0.05, 0.1) is 53.0 Å². The second-order valence-electron chi connectivity index (χ2n) is 17.0. The van der Waals surface area contributed by atoms with E-state index >= 15 is 0 Å². The SMILES string of the molecule is COc1cc2nn(C3CCC(CN4CCC5(CC4)CCN(c4cccc6c4n(C)c(=O)n6C4CCC(=O)NC4=O)CC5)CC3)cc2cc1NC(=O)c1cncc(C)n1. The van der Waals surface area contributed by atoms with Crippen molar-refractivity contribution in [1.82, 2.24) is 39.1 Å². The first-order chi connectivity index (χ1) is 28.1. The van der Waals surface area contributed by atoms with Gasteiger partial charge in [0.15, 0.2) is 0 Å². The van der Waals surface area contributed by atoms with E-state index in [9.17, 15) is 19.2 Å². The molecule has 1 unspecified atom stereocenters. The van der Waals surface area contributed by atoms with E-state index in [1.807, 2.05) is 24.3 Å². The molecule has 15 nitrogen and oxygen atoms in total. The molecule has 2 aromatic carbocycles. The number of ether oxygens (including phenoxy) is 1. The first-order valence-corrected chi connectivity index (χ1v) is 20.8. The van der Waals surface area contributed by atoms with E-state index < -0.39 is 11.9 Å². The molecule has 0 bridgehead atoms. The van der Waals surface area contributed by atoms with Gasteiger partial charge in [0.25, 0.3) is 5.91 Å². The number of aromatic nitrogens is 6. The van der Waals surface area contributed by atoms with Crippen LogP contribution in [0.4, 0.5) is 11.4 Å². The molecule has 2 N–H and O–H groups in total. The number of nitrogens with one attached hydrogen (secondary N) is 2. The third-order valence-electron chi connectivity index (χ3n) is 13.5. The van der Waals surface area contributed by atoms with Crippen molar-refractivity contribution in [2.75, 3.05) is 50.1 Å². The van der Waals surface area contributed by atoms with Crippen LogP contribution in [0.25, 0.3) is 21.9 Å². The van der Waals surface area contributed by atoms with Gasteiger partial charge < -0.3 is 19.9 Å². The van der Waals surface area contributed by atoms with Crippen molar-refractivity contribution >= 4 is 51.0 Å². The number of carbonyl (C=O) groups is 3. The lowest BCUT2D eigenvalue weighted by atomic mass is 9.71. The van der Waals surface area contributed by atoms with Crippen molar-refractivity contribution in [3.05, 3.63) is 70.8 Å². The highest BCUT2D eigenvalue weighted by atomic mass is 16.5. The summed E-state index contributed by atoms with van der Waals surface area (Å²) in [7, 11) is 3.37. The smallest absolute Gasteiger partial charge is 0.329 e. The van der Waals surface area contributed by atoms with E-state index in [2.05, 4.69) is 47.3 Å². The number of benzene rings is 2. The molecule has 1 spiro atoms. The third kappa shape index (κ3) is 7.13. The Bertz CT molecular complexity index is 2440. The predicted molar refractivity (Wildman–Crippen MR) is 220 cm³/mol. The van der Waals surface area contributed by atoms with Crippen LogP contribution in [0.3, 0.4) is 0 Å². The highest BCUT2D eigenvalue weighted by molar-refractivity contribution is 6.05. The summed E-state index contributed by atoms with van der Waals surface area (Å²) in [6.07, 6.45) is 15.0. The van der Waals surface area contributed by atoms with Gasteiger partial charge in [-0.25, -0.2) is 9.78 Å². The van der Waals surface area contributed by atoms with Gasteiger partial charge >= 0.3 is 5.69 Å². The fraction of sp³-hybridized carbons (Fsp3) is 0.512. The van der Waals surface area contributed by atoms with Crippen molar-refractivity contribution in [2.45, 2.75) is 83.2 Å². The molecule has 15 heteroatoms. The van der Waals surface area contributed by atoms with Gasteiger partial charge in [-0.05, 0) is 107 Å². The number of rotatable bonds is 8. The summed E-state index contributed by atoms with van der Waals surface area (Å²) in [6.45, 7) is 7.12. The normalized spacial score (nSPS) is 22.7. The zero-order valence-corrected chi connectivity index (χ0v) is 33.6. The number of anilines is 2. The molecule has 5 aromatic rings. The molecule has 304 valence electrons. The van der Waals surface area contributed by atoms with E-state index in [1.165, 1.54) is 31.9 Å². The monoisotopic (exact) mass is 788 g/mol. The highest BCUT2D eigenvalue weighted by Crippen LogP contribution is 2.44. The van der Waals surface area contributed by atoms with Gasteiger partial charge in [0.1, 0.15) is 17.5 Å². The van der Waals surface area contributed by atoms with E-state index in [0.717, 1.165) is 86.0 Å². The standard InChI is InChI=1S/C43H52N10O5/c1-27-23-44-24-33(45-27)40(55)46-32-21-29-26-52(48-31(29)22-37(32)58-3)30-9-7-28(8-10-30)25-50-17-13-43(14-18-50)15-19-51(20-16-43)34-5-4-6-35-39(34)49(2)42(57)53(35)36-11-12-38(54)47-41(36)56/h4-6,21-24,26,28,30,36H,7-20,25H2,1-3H3,(H,46,55)(H,47,54,56). The Kier molecular flexibility index (Phi) is 10.0. The molecule has 58 heavy (non-hydrogen) atoms. The molecular weight excluding hydrogens is 737 g/mol. The summed E-state index contributed by atoms with van der Waals surface area (Å²) in [5, 5.41) is 11.2. The number of likely N-dealkylation sites (tertiary alicyclic amines) is 1. The number of methoxy groups -OCH3 is 1. The van der Waals surface area contributed by atoms with Gasteiger partial charge in [0.2, 0.25) is 11.8 Å². The minimum atomic E-state index is -0.685. The summed E-state index contributed by atoms with van der Waals surface area (Å²) in [4.78, 5) is 64.5. The van der Waals surface area contributed by atoms with E-state index in [0.29, 0.717) is 40.9 Å². The number of hydrogen-bond acceptors (Lipinski definition) is 10. The van der Waals surface area contributed by atoms with Gasteiger partial charge in [-0.3, -0.25) is 38.5 Å². The molecule has 6 heterocycles. The Morgan fingerprint density at radius 2 is 1.74 bits per heavy atom. The zero-order chi connectivity index (χ0) is 40.1. The number of hydrogen-bond donors (Lipinski definition) is 2.